The standard InChI is InChI=1S/C18H15N3O3S/c1-24-17(23)12-7-9-14(10-8-12)19-16(22)15-11-25-18(21-15)20-13-5-3-2-4-6-13/h2-11H,1H3,(H,19,22)(H,20,21). The van der Waals surface area contributed by atoms with Crippen molar-refractivity contribution in [2.24, 2.45) is 0 Å². The van der Waals surface area contributed by atoms with Crippen molar-refractivity contribution in [3.8, 4) is 0 Å². The summed E-state index contributed by atoms with van der Waals surface area (Å²) < 4.78 is 4.64. The summed E-state index contributed by atoms with van der Waals surface area (Å²) in [6.45, 7) is 0. The highest BCUT2D eigenvalue weighted by Gasteiger charge is 2.12. The van der Waals surface area contributed by atoms with Gasteiger partial charge in [0.2, 0.25) is 0 Å². The van der Waals surface area contributed by atoms with E-state index in [4.69, 9.17) is 0 Å². The molecular formula is C18H15N3O3S. The fraction of sp³-hybridized carbons (Fsp3) is 0.0556. The lowest BCUT2D eigenvalue weighted by molar-refractivity contribution is 0.0600. The molecule has 0 spiro atoms. The first-order valence-electron chi connectivity index (χ1n) is 7.43. The van der Waals surface area contributed by atoms with Crippen LogP contribution in [0.1, 0.15) is 20.8 Å². The number of para-hydroxylation sites is 1. The number of rotatable bonds is 5. The molecule has 0 aliphatic rings. The van der Waals surface area contributed by atoms with Gasteiger partial charge >= 0.3 is 5.97 Å². The predicted octanol–water partition coefficient (Wildman–Crippen LogP) is 3.93. The van der Waals surface area contributed by atoms with Crippen LogP contribution < -0.4 is 10.6 Å². The number of nitrogens with one attached hydrogen (secondary N) is 2. The van der Waals surface area contributed by atoms with Crippen LogP contribution in [0, 0.1) is 0 Å². The molecule has 0 atom stereocenters. The van der Waals surface area contributed by atoms with E-state index >= 15 is 0 Å². The zero-order valence-corrected chi connectivity index (χ0v) is 14.2. The number of benzene rings is 2. The van der Waals surface area contributed by atoms with Crippen molar-refractivity contribution in [2.45, 2.75) is 0 Å². The van der Waals surface area contributed by atoms with Crippen LogP contribution in [-0.4, -0.2) is 24.0 Å². The molecule has 3 aromatic rings. The number of carbonyl (C=O) groups is 2. The van der Waals surface area contributed by atoms with E-state index in [2.05, 4.69) is 20.4 Å². The van der Waals surface area contributed by atoms with Gasteiger partial charge in [0.15, 0.2) is 5.13 Å². The van der Waals surface area contributed by atoms with E-state index in [1.165, 1.54) is 18.4 Å². The van der Waals surface area contributed by atoms with E-state index < -0.39 is 5.97 Å². The summed E-state index contributed by atoms with van der Waals surface area (Å²) in [7, 11) is 1.32. The van der Waals surface area contributed by atoms with Gasteiger partial charge in [0.25, 0.3) is 5.91 Å². The molecule has 1 aromatic heterocycles. The predicted molar refractivity (Wildman–Crippen MR) is 97.6 cm³/mol. The molecule has 6 nitrogen and oxygen atoms in total. The molecule has 1 heterocycles. The fourth-order valence-corrected chi connectivity index (χ4v) is 2.79. The molecule has 0 aliphatic heterocycles. The van der Waals surface area contributed by atoms with Crippen LogP contribution in [0.25, 0.3) is 0 Å². The van der Waals surface area contributed by atoms with Gasteiger partial charge in [-0.1, -0.05) is 18.2 Å². The van der Waals surface area contributed by atoms with E-state index in [0.29, 0.717) is 22.1 Å². The number of anilines is 3. The smallest absolute Gasteiger partial charge is 0.337 e. The Kier molecular flexibility index (Phi) is 5.06. The third-order valence-electron chi connectivity index (χ3n) is 3.33. The molecule has 7 heteroatoms. The van der Waals surface area contributed by atoms with Gasteiger partial charge in [-0.05, 0) is 36.4 Å². The Hall–Kier alpha value is -3.19. The number of ether oxygens (including phenoxy) is 1. The molecule has 0 aliphatic carbocycles. The summed E-state index contributed by atoms with van der Waals surface area (Å²) in [6, 6.07) is 16.1. The maximum Gasteiger partial charge on any atom is 0.337 e. The van der Waals surface area contributed by atoms with Crippen LogP contribution in [0.4, 0.5) is 16.5 Å². The lowest BCUT2D eigenvalue weighted by Crippen LogP contribution is -2.12. The topological polar surface area (TPSA) is 80.3 Å². The maximum absolute atomic E-state index is 12.3. The molecule has 0 unspecified atom stereocenters. The molecule has 3 rings (SSSR count). The Morgan fingerprint density at radius 1 is 1.00 bits per heavy atom. The molecule has 0 saturated heterocycles. The molecule has 25 heavy (non-hydrogen) atoms. The van der Waals surface area contributed by atoms with E-state index in [9.17, 15) is 9.59 Å². The molecular weight excluding hydrogens is 338 g/mol. The van der Waals surface area contributed by atoms with Crippen LogP contribution in [0.2, 0.25) is 0 Å². The van der Waals surface area contributed by atoms with Gasteiger partial charge in [-0.25, -0.2) is 9.78 Å². The van der Waals surface area contributed by atoms with Crippen molar-refractivity contribution >= 4 is 39.7 Å². The van der Waals surface area contributed by atoms with E-state index in [0.717, 1.165) is 5.69 Å². The number of amides is 1. The monoisotopic (exact) mass is 353 g/mol. The number of methoxy groups -OCH3 is 1. The Morgan fingerprint density at radius 3 is 2.40 bits per heavy atom. The minimum atomic E-state index is -0.422. The van der Waals surface area contributed by atoms with Crippen LogP contribution in [0.5, 0.6) is 0 Å². The Morgan fingerprint density at radius 2 is 1.72 bits per heavy atom. The molecule has 0 saturated carbocycles. The van der Waals surface area contributed by atoms with Crippen molar-refractivity contribution < 1.29 is 14.3 Å². The zero-order chi connectivity index (χ0) is 17.6. The summed E-state index contributed by atoms with van der Waals surface area (Å²) in [4.78, 5) is 27.9. The number of carbonyl (C=O) groups excluding carboxylic acids is 2. The quantitative estimate of drug-likeness (QED) is 0.680. The largest absolute Gasteiger partial charge is 0.465 e. The van der Waals surface area contributed by atoms with Crippen molar-refractivity contribution in [1.29, 1.82) is 0 Å². The summed E-state index contributed by atoms with van der Waals surface area (Å²) in [5.74, 6) is -0.739. The molecule has 0 bridgehead atoms. The summed E-state index contributed by atoms with van der Waals surface area (Å²) in [5, 5.41) is 8.21. The first-order chi connectivity index (χ1) is 12.2. The van der Waals surface area contributed by atoms with Gasteiger partial charge < -0.3 is 15.4 Å². The van der Waals surface area contributed by atoms with Gasteiger partial charge in [-0.2, -0.15) is 0 Å². The average molecular weight is 353 g/mol. The second kappa shape index (κ2) is 7.59. The first kappa shape index (κ1) is 16.7. The third-order valence-corrected chi connectivity index (χ3v) is 4.08. The summed E-state index contributed by atoms with van der Waals surface area (Å²) in [5.41, 5.74) is 2.22. The number of esters is 1. The number of aromatic nitrogens is 1. The van der Waals surface area contributed by atoms with Crippen LogP contribution in [0.3, 0.4) is 0 Å². The number of hydrogen-bond donors (Lipinski definition) is 2. The van der Waals surface area contributed by atoms with Crippen molar-refractivity contribution in [1.82, 2.24) is 4.98 Å². The number of thiazole rings is 1. The number of nitrogens with zero attached hydrogens (tertiary/aromatic N) is 1. The molecule has 126 valence electrons. The lowest BCUT2D eigenvalue weighted by Gasteiger charge is -2.04. The molecule has 1 amide bonds. The minimum Gasteiger partial charge on any atom is -0.465 e. The van der Waals surface area contributed by atoms with Gasteiger partial charge in [-0.15, -0.1) is 11.3 Å². The van der Waals surface area contributed by atoms with E-state index in [-0.39, 0.29) is 5.91 Å². The van der Waals surface area contributed by atoms with Crippen LogP contribution in [0.15, 0.2) is 60.0 Å². The fourth-order valence-electron chi connectivity index (χ4n) is 2.08. The van der Waals surface area contributed by atoms with Crippen molar-refractivity contribution in [2.75, 3.05) is 17.7 Å². The van der Waals surface area contributed by atoms with E-state index in [1.807, 2.05) is 30.3 Å². The van der Waals surface area contributed by atoms with Gasteiger partial charge in [0.1, 0.15) is 5.69 Å². The normalized spacial score (nSPS) is 10.1. The Labute approximate surface area is 148 Å². The first-order valence-corrected chi connectivity index (χ1v) is 8.31. The minimum absolute atomic E-state index is 0.317. The molecule has 0 fully saturated rings. The second-order valence-electron chi connectivity index (χ2n) is 5.05. The number of hydrogen-bond acceptors (Lipinski definition) is 6. The molecule has 0 radical (unpaired) electrons. The average Bonchev–Trinajstić information content (AvgIpc) is 3.11. The highest BCUT2D eigenvalue weighted by atomic mass is 32.1. The highest BCUT2D eigenvalue weighted by molar-refractivity contribution is 7.14. The second-order valence-corrected chi connectivity index (χ2v) is 5.91. The van der Waals surface area contributed by atoms with Gasteiger partial charge in [-0.3, -0.25) is 4.79 Å². The van der Waals surface area contributed by atoms with Crippen molar-refractivity contribution in [3.05, 3.63) is 71.2 Å². The summed E-state index contributed by atoms with van der Waals surface area (Å²) >= 11 is 1.35. The molecule has 2 N–H and O–H groups in total. The van der Waals surface area contributed by atoms with Gasteiger partial charge in [0, 0.05) is 16.8 Å². The Bertz CT molecular complexity index is 876. The molecule has 2 aromatic carbocycles. The SMILES string of the molecule is COC(=O)c1ccc(NC(=O)c2csc(Nc3ccccc3)n2)cc1. The maximum atomic E-state index is 12.3. The Balaban J connectivity index is 1.64. The van der Waals surface area contributed by atoms with Crippen molar-refractivity contribution in [3.63, 3.8) is 0 Å². The lowest BCUT2D eigenvalue weighted by atomic mass is 10.2. The highest BCUT2D eigenvalue weighted by Crippen LogP contribution is 2.21. The van der Waals surface area contributed by atoms with Crippen LogP contribution in [-0.2, 0) is 4.74 Å². The van der Waals surface area contributed by atoms with Crippen LogP contribution >= 0.6 is 11.3 Å². The third kappa shape index (κ3) is 4.21. The van der Waals surface area contributed by atoms with E-state index in [1.54, 1.807) is 29.6 Å². The summed E-state index contributed by atoms with van der Waals surface area (Å²) in [6.07, 6.45) is 0. The zero-order valence-electron chi connectivity index (χ0n) is 13.4. The van der Waals surface area contributed by atoms with Gasteiger partial charge in [0.05, 0.1) is 12.7 Å².